The fourth-order valence-corrected chi connectivity index (χ4v) is 2.25. The molecule has 0 aromatic carbocycles. The normalized spacial score (nSPS) is 19.6. The summed E-state index contributed by atoms with van der Waals surface area (Å²) in [6, 6.07) is 2.03. The topological polar surface area (TPSA) is 58.3 Å². The van der Waals surface area contributed by atoms with Crippen LogP contribution in [0.2, 0.25) is 0 Å². The van der Waals surface area contributed by atoms with Gasteiger partial charge in [0.25, 0.3) is 0 Å². The van der Waals surface area contributed by atoms with Crippen LogP contribution < -0.4 is 5.73 Å². The lowest BCUT2D eigenvalue weighted by molar-refractivity contribution is 0.116. The summed E-state index contributed by atoms with van der Waals surface area (Å²) in [5.41, 5.74) is 5.68. The smallest absolute Gasteiger partial charge is 0.142 e. The molecule has 0 bridgehead atoms. The molecule has 2 heterocycles. The molecule has 6 heteroatoms. The van der Waals surface area contributed by atoms with Crippen LogP contribution in [0.5, 0.6) is 0 Å². The quantitative estimate of drug-likeness (QED) is 0.789. The molecule has 1 saturated heterocycles. The molecule has 1 atom stereocenters. The lowest BCUT2D eigenvalue weighted by Crippen LogP contribution is -2.52. The SMILES string of the molecule is CC(C(N)=S)N1CCN(Cc2ncccn2)CC1. The highest BCUT2D eigenvalue weighted by Gasteiger charge is 2.22. The first-order chi connectivity index (χ1) is 8.66. The first kappa shape index (κ1) is 13.3. The highest BCUT2D eigenvalue weighted by Crippen LogP contribution is 2.08. The first-order valence-corrected chi connectivity index (χ1v) is 6.59. The van der Waals surface area contributed by atoms with Crippen LogP contribution in [0.25, 0.3) is 0 Å². The highest BCUT2D eigenvalue weighted by atomic mass is 32.1. The zero-order valence-electron chi connectivity index (χ0n) is 10.6. The average Bonchev–Trinajstić information content (AvgIpc) is 2.40. The zero-order valence-corrected chi connectivity index (χ0v) is 11.4. The van der Waals surface area contributed by atoms with Gasteiger partial charge in [-0.15, -0.1) is 0 Å². The van der Waals surface area contributed by atoms with Gasteiger partial charge in [-0.1, -0.05) is 12.2 Å². The van der Waals surface area contributed by atoms with E-state index in [9.17, 15) is 0 Å². The van der Waals surface area contributed by atoms with Crippen molar-refractivity contribution in [2.75, 3.05) is 26.2 Å². The summed E-state index contributed by atoms with van der Waals surface area (Å²) in [6.07, 6.45) is 3.57. The Balaban J connectivity index is 1.82. The number of hydrogen-bond donors (Lipinski definition) is 1. The predicted molar refractivity (Wildman–Crippen MR) is 75.1 cm³/mol. The second-order valence-electron chi connectivity index (χ2n) is 4.56. The van der Waals surface area contributed by atoms with E-state index >= 15 is 0 Å². The van der Waals surface area contributed by atoms with E-state index in [1.54, 1.807) is 12.4 Å². The van der Waals surface area contributed by atoms with Crippen LogP contribution in [0, 0.1) is 0 Å². The van der Waals surface area contributed by atoms with Crippen LogP contribution in [0.3, 0.4) is 0 Å². The molecule has 0 amide bonds. The Morgan fingerprint density at radius 3 is 2.50 bits per heavy atom. The van der Waals surface area contributed by atoms with Crippen molar-refractivity contribution >= 4 is 17.2 Å². The predicted octanol–water partition coefficient (Wildman–Crippen LogP) is 0.269. The largest absolute Gasteiger partial charge is 0.392 e. The molecule has 0 aliphatic carbocycles. The van der Waals surface area contributed by atoms with Gasteiger partial charge >= 0.3 is 0 Å². The molecule has 0 radical (unpaired) electrons. The number of hydrogen-bond acceptors (Lipinski definition) is 5. The van der Waals surface area contributed by atoms with Crippen molar-refractivity contribution in [3.63, 3.8) is 0 Å². The summed E-state index contributed by atoms with van der Waals surface area (Å²) in [7, 11) is 0. The number of nitrogens with zero attached hydrogens (tertiary/aromatic N) is 4. The summed E-state index contributed by atoms with van der Waals surface area (Å²) in [6.45, 7) is 6.88. The van der Waals surface area contributed by atoms with Crippen molar-refractivity contribution in [2.45, 2.75) is 19.5 Å². The van der Waals surface area contributed by atoms with Gasteiger partial charge < -0.3 is 5.73 Å². The molecule has 1 unspecified atom stereocenters. The molecule has 0 spiro atoms. The standard InChI is InChI=1S/C12H19N5S/c1-10(12(13)18)17-7-5-16(6-8-17)9-11-14-3-2-4-15-11/h2-4,10H,5-9H2,1H3,(H2,13,18). The summed E-state index contributed by atoms with van der Waals surface area (Å²) in [5, 5.41) is 0. The van der Waals surface area contributed by atoms with Crippen molar-refractivity contribution in [3.05, 3.63) is 24.3 Å². The molecule has 1 aliphatic heterocycles. The van der Waals surface area contributed by atoms with Crippen LogP contribution >= 0.6 is 12.2 Å². The minimum atomic E-state index is 0.190. The summed E-state index contributed by atoms with van der Waals surface area (Å²) in [4.78, 5) is 13.8. The van der Waals surface area contributed by atoms with Crippen LogP contribution in [0.4, 0.5) is 0 Å². The maximum atomic E-state index is 5.68. The maximum Gasteiger partial charge on any atom is 0.142 e. The van der Waals surface area contributed by atoms with Gasteiger partial charge in [0.15, 0.2) is 0 Å². The molecule has 0 saturated carbocycles. The van der Waals surface area contributed by atoms with Gasteiger partial charge in [0.2, 0.25) is 0 Å². The molecule has 98 valence electrons. The Morgan fingerprint density at radius 1 is 1.33 bits per heavy atom. The summed E-state index contributed by atoms with van der Waals surface area (Å²) >= 11 is 5.04. The van der Waals surface area contributed by atoms with Gasteiger partial charge in [-0.3, -0.25) is 9.80 Å². The monoisotopic (exact) mass is 265 g/mol. The lowest BCUT2D eigenvalue weighted by atomic mass is 10.2. The van der Waals surface area contributed by atoms with Crippen molar-refractivity contribution in [1.82, 2.24) is 19.8 Å². The van der Waals surface area contributed by atoms with E-state index in [1.165, 1.54) is 0 Å². The van der Waals surface area contributed by atoms with E-state index in [2.05, 4.69) is 26.7 Å². The van der Waals surface area contributed by atoms with Crippen LogP contribution in [-0.2, 0) is 6.54 Å². The Kier molecular flexibility index (Phi) is 4.57. The highest BCUT2D eigenvalue weighted by molar-refractivity contribution is 7.80. The molecule has 1 aromatic rings. The van der Waals surface area contributed by atoms with Gasteiger partial charge in [0.1, 0.15) is 5.82 Å². The van der Waals surface area contributed by atoms with E-state index in [-0.39, 0.29) is 6.04 Å². The fraction of sp³-hybridized carbons (Fsp3) is 0.583. The Bertz CT molecular complexity index is 389. The number of nitrogens with two attached hydrogens (primary N) is 1. The van der Waals surface area contributed by atoms with Crippen molar-refractivity contribution in [2.24, 2.45) is 5.73 Å². The molecule has 18 heavy (non-hydrogen) atoms. The van der Waals surface area contributed by atoms with Gasteiger partial charge in [-0.05, 0) is 13.0 Å². The molecule has 1 fully saturated rings. The van der Waals surface area contributed by atoms with Crippen molar-refractivity contribution < 1.29 is 0 Å². The van der Waals surface area contributed by atoms with Gasteiger partial charge in [-0.2, -0.15) is 0 Å². The third-order valence-corrected chi connectivity index (χ3v) is 3.69. The van der Waals surface area contributed by atoms with Crippen molar-refractivity contribution in [1.29, 1.82) is 0 Å². The molecular formula is C12H19N5S. The van der Waals surface area contributed by atoms with E-state index < -0.39 is 0 Å². The minimum absolute atomic E-state index is 0.190. The summed E-state index contributed by atoms with van der Waals surface area (Å²) < 4.78 is 0. The molecular weight excluding hydrogens is 246 g/mol. The zero-order chi connectivity index (χ0) is 13.0. The Hall–Kier alpha value is -1.11. The maximum absolute atomic E-state index is 5.68. The second kappa shape index (κ2) is 6.17. The lowest BCUT2D eigenvalue weighted by Gasteiger charge is -2.37. The Labute approximate surface area is 113 Å². The minimum Gasteiger partial charge on any atom is -0.392 e. The van der Waals surface area contributed by atoms with Crippen LogP contribution in [0.1, 0.15) is 12.7 Å². The number of rotatable bonds is 4. The van der Waals surface area contributed by atoms with E-state index in [0.29, 0.717) is 4.99 Å². The molecule has 1 aliphatic rings. The van der Waals surface area contributed by atoms with Crippen molar-refractivity contribution in [3.8, 4) is 0 Å². The van der Waals surface area contributed by atoms with E-state index in [4.69, 9.17) is 18.0 Å². The third kappa shape index (κ3) is 3.44. The summed E-state index contributed by atoms with van der Waals surface area (Å²) in [5.74, 6) is 0.883. The molecule has 1 aromatic heterocycles. The van der Waals surface area contributed by atoms with Gasteiger partial charge in [0.05, 0.1) is 17.6 Å². The second-order valence-corrected chi connectivity index (χ2v) is 5.03. The van der Waals surface area contributed by atoms with Gasteiger partial charge in [0, 0.05) is 38.6 Å². The van der Waals surface area contributed by atoms with Crippen LogP contribution in [0.15, 0.2) is 18.5 Å². The van der Waals surface area contributed by atoms with E-state index in [0.717, 1.165) is 38.5 Å². The Morgan fingerprint density at radius 2 is 1.94 bits per heavy atom. The fourth-order valence-electron chi connectivity index (χ4n) is 2.10. The average molecular weight is 265 g/mol. The van der Waals surface area contributed by atoms with E-state index in [1.807, 2.05) is 6.07 Å². The molecule has 2 N–H and O–H groups in total. The third-order valence-electron chi connectivity index (χ3n) is 3.35. The van der Waals surface area contributed by atoms with Crippen LogP contribution in [-0.4, -0.2) is 57.0 Å². The van der Waals surface area contributed by atoms with Gasteiger partial charge in [-0.25, -0.2) is 9.97 Å². The number of thiocarbonyl (C=S) groups is 1. The first-order valence-electron chi connectivity index (χ1n) is 6.18. The number of piperazine rings is 1. The molecule has 5 nitrogen and oxygen atoms in total. The number of aromatic nitrogens is 2. The molecule has 2 rings (SSSR count).